The van der Waals surface area contributed by atoms with E-state index in [2.05, 4.69) is 36.8 Å². The molecule has 32 heavy (non-hydrogen) atoms. The number of nitrogens with zero attached hydrogens (tertiary/aromatic N) is 4. The van der Waals surface area contributed by atoms with Gasteiger partial charge in [0, 0.05) is 54.4 Å². The van der Waals surface area contributed by atoms with E-state index in [-0.39, 0.29) is 0 Å². The molecule has 4 rings (SSSR count). The summed E-state index contributed by atoms with van der Waals surface area (Å²) >= 11 is 5.30. The predicted molar refractivity (Wildman–Crippen MR) is 134 cm³/mol. The molecule has 2 aliphatic heterocycles. The zero-order valence-electron chi connectivity index (χ0n) is 18.8. The quantitative estimate of drug-likeness (QED) is 0.437. The van der Waals surface area contributed by atoms with Gasteiger partial charge in [0.25, 0.3) is 0 Å². The summed E-state index contributed by atoms with van der Waals surface area (Å²) in [5, 5.41) is 1.00. The lowest BCUT2D eigenvalue weighted by molar-refractivity contribution is 0.0365. The lowest BCUT2D eigenvalue weighted by Gasteiger charge is -2.34. The summed E-state index contributed by atoms with van der Waals surface area (Å²) < 4.78 is 12.0. The molecule has 2 aromatic rings. The maximum atomic E-state index is 5.53. The van der Waals surface area contributed by atoms with E-state index in [1.807, 2.05) is 18.3 Å². The molecule has 0 saturated carbocycles. The highest BCUT2D eigenvalue weighted by Crippen LogP contribution is 2.34. The summed E-state index contributed by atoms with van der Waals surface area (Å²) in [4.78, 5) is 14.3. The molecule has 0 amide bonds. The number of thioether (sulfide) groups is 1. The van der Waals surface area contributed by atoms with E-state index in [1.165, 1.54) is 32.2 Å². The number of halogens is 1. The standard InChI is InChI=1S/C24H33BrN4O2S/c1-30-22-5-4-21(25)17-20(22)18-32-24-23(26-8-9-27-24)29-11-6-19(7-12-29)3-2-10-28-13-15-31-16-14-28/h4-5,8-9,17,19H,2-3,6-7,10-16,18H2,1H3. The number of methoxy groups -OCH3 is 1. The van der Waals surface area contributed by atoms with Crippen LogP contribution in [0.15, 0.2) is 40.1 Å². The molecule has 8 heteroatoms. The van der Waals surface area contributed by atoms with Crippen LogP contribution in [0.3, 0.4) is 0 Å². The third-order valence-corrected chi connectivity index (χ3v) is 7.87. The summed E-state index contributed by atoms with van der Waals surface area (Å²) in [5.74, 6) is 3.56. The van der Waals surface area contributed by atoms with Crippen LogP contribution in [-0.4, -0.2) is 67.9 Å². The van der Waals surface area contributed by atoms with Crippen molar-refractivity contribution in [3.63, 3.8) is 0 Å². The second-order valence-electron chi connectivity index (χ2n) is 8.46. The van der Waals surface area contributed by atoms with Crippen molar-refractivity contribution < 1.29 is 9.47 Å². The predicted octanol–water partition coefficient (Wildman–Crippen LogP) is 4.87. The Morgan fingerprint density at radius 2 is 1.91 bits per heavy atom. The van der Waals surface area contributed by atoms with Gasteiger partial charge < -0.3 is 14.4 Å². The van der Waals surface area contributed by atoms with Gasteiger partial charge in [-0.1, -0.05) is 27.7 Å². The molecule has 3 heterocycles. The maximum absolute atomic E-state index is 5.53. The van der Waals surface area contributed by atoms with Crippen molar-refractivity contribution >= 4 is 33.5 Å². The second-order valence-corrected chi connectivity index (χ2v) is 10.3. The van der Waals surface area contributed by atoms with Crippen LogP contribution < -0.4 is 9.64 Å². The SMILES string of the molecule is COc1ccc(Br)cc1CSc1nccnc1N1CCC(CCCN2CCOCC2)CC1. The number of ether oxygens (including phenoxy) is 2. The highest BCUT2D eigenvalue weighted by Gasteiger charge is 2.23. The van der Waals surface area contributed by atoms with E-state index >= 15 is 0 Å². The van der Waals surface area contributed by atoms with Crippen LogP contribution in [-0.2, 0) is 10.5 Å². The van der Waals surface area contributed by atoms with Crippen LogP contribution in [0.5, 0.6) is 5.75 Å². The zero-order valence-corrected chi connectivity index (χ0v) is 21.2. The maximum Gasteiger partial charge on any atom is 0.161 e. The monoisotopic (exact) mass is 520 g/mol. The van der Waals surface area contributed by atoms with Crippen molar-refractivity contribution in [3.05, 3.63) is 40.6 Å². The number of benzene rings is 1. The molecule has 0 radical (unpaired) electrons. The summed E-state index contributed by atoms with van der Waals surface area (Å²) in [7, 11) is 1.72. The molecule has 0 spiro atoms. The van der Waals surface area contributed by atoms with Gasteiger partial charge in [0.15, 0.2) is 5.82 Å². The first-order valence-electron chi connectivity index (χ1n) is 11.5. The fraction of sp³-hybridized carbons (Fsp3) is 0.583. The number of aromatic nitrogens is 2. The molecular formula is C24H33BrN4O2S. The minimum absolute atomic E-state index is 0.798. The number of rotatable bonds is 9. The molecule has 2 fully saturated rings. The van der Waals surface area contributed by atoms with Crippen molar-refractivity contribution in [2.75, 3.05) is 57.9 Å². The van der Waals surface area contributed by atoms with E-state index in [4.69, 9.17) is 14.5 Å². The molecule has 0 N–H and O–H groups in total. The van der Waals surface area contributed by atoms with E-state index < -0.39 is 0 Å². The highest BCUT2D eigenvalue weighted by molar-refractivity contribution is 9.10. The third kappa shape index (κ3) is 6.59. The summed E-state index contributed by atoms with van der Waals surface area (Å²) in [6.45, 7) is 7.32. The first-order valence-corrected chi connectivity index (χ1v) is 13.3. The summed E-state index contributed by atoms with van der Waals surface area (Å²) in [6, 6.07) is 6.12. The van der Waals surface area contributed by atoms with Gasteiger partial charge in [-0.25, -0.2) is 9.97 Å². The Bertz CT molecular complexity index is 858. The van der Waals surface area contributed by atoms with Crippen LogP contribution in [0.25, 0.3) is 0 Å². The Morgan fingerprint density at radius 3 is 2.69 bits per heavy atom. The fourth-order valence-corrected chi connectivity index (χ4v) is 5.88. The minimum atomic E-state index is 0.798. The average molecular weight is 522 g/mol. The van der Waals surface area contributed by atoms with Crippen molar-refractivity contribution in [2.24, 2.45) is 5.92 Å². The Balaban J connectivity index is 1.28. The molecule has 0 bridgehead atoms. The van der Waals surface area contributed by atoms with Crippen LogP contribution in [0.4, 0.5) is 5.82 Å². The van der Waals surface area contributed by atoms with Crippen molar-refractivity contribution in [3.8, 4) is 5.75 Å². The lowest BCUT2D eigenvalue weighted by atomic mass is 9.92. The van der Waals surface area contributed by atoms with Gasteiger partial charge in [-0.05, 0) is 56.3 Å². The van der Waals surface area contributed by atoms with E-state index in [1.54, 1.807) is 25.1 Å². The van der Waals surface area contributed by atoms with Crippen LogP contribution >= 0.6 is 27.7 Å². The normalized spacial score (nSPS) is 18.1. The largest absolute Gasteiger partial charge is 0.496 e. The van der Waals surface area contributed by atoms with Crippen LogP contribution in [0.2, 0.25) is 0 Å². The topological polar surface area (TPSA) is 50.7 Å². The molecule has 6 nitrogen and oxygen atoms in total. The Hall–Kier alpha value is -1.35. The Kier molecular flexibility index (Phi) is 9.08. The van der Waals surface area contributed by atoms with E-state index in [9.17, 15) is 0 Å². The molecule has 2 saturated heterocycles. The van der Waals surface area contributed by atoms with Gasteiger partial charge >= 0.3 is 0 Å². The Morgan fingerprint density at radius 1 is 1.12 bits per heavy atom. The van der Waals surface area contributed by atoms with Crippen molar-refractivity contribution in [1.29, 1.82) is 0 Å². The van der Waals surface area contributed by atoms with Gasteiger partial charge in [-0.2, -0.15) is 0 Å². The summed E-state index contributed by atoms with van der Waals surface area (Å²) in [6.07, 6.45) is 8.71. The smallest absolute Gasteiger partial charge is 0.161 e. The average Bonchev–Trinajstić information content (AvgIpc) is 2.84. The molecule has 0 unspecified atom stereocenters. The molecular weight excluding hydrogens is 488 g/mol. The Labute approximate surface area is 204 Å². The van der Waals surface area contributed by atoms with Gasteiger partial charge in [0.1, 0.15) is 10.8 Å². The van der Waals surface area contributed by atoms with Crippen LogP contribution in [0, 0.1) is 5.92 Å². The molecule has 0 atom stereocenters. The molecule has 174 valence electrons. The van der Waals surface area contributed by atoms with Crippen LogP contribution in [0.1, 0.15) is 31.2 Å². The number of piperidine rings is 1. The molecule has 1 aromatic heterocycles. The minimum Gasteiger partial charge on any atom is -0.496 e. The van der Waals surface area contributed by atoms with Gasteiger partial charge in [0.2, 0.25) is 0 Å². The van der Waals surface area contributed by atoms with Gasteiger partial charge in [-0.15, -0.1) is 0 Å². The van der Waals surface area contributed by atoms with Crippen molar-refractivity contribution in [1.82, 2.24) is 14.9 Å². The van der Waals surface area contributed by atoms with E-state index in [0.717, 1.165) is 77.7 Å². The molecule has 0 aliphatic carbocycles. The number of hydrogen-bond donors (Lipinski definition) is 0. The van der Waals surface area contributed by atoms with Gasteiger partial charge in [0.05, 0.1) is 20.3 Å². The zero-order chi connectivity index (χ0) is 22.2. The highest BCUT2D eigenvalue weighted by atomic mass is 79.9. The first-order chi connectivity index (χ1) is 15.7. The van der Waals surface area contributed by atoms with Gasteiger partial charge in [-0.3, -0.25) is 4.90 Å². The van der Waals surface area contributed by atoms with E-state index in [0.29, 0.717) is 0 Å². The molecule has 1 aromatic carbocycles. The third-order valence-electron chi connectivity index (χ3n) is 6.36. The fourth-order valence-electron chi connectivity index (χ4n) is 4.50. The first kappa shape index (κ1) is 23.8. The molecule has 2 aliphatic rings. The number of anilines is 1. The summed E-state index contributed by atoms with van der Waals surface area (Å²) in [5.41, 5.74) is 1.16. The number of hydrogen-bond acceptors (Lipinski definition) is 7. The lowest BCUT2D eigenvalue weighted by Crippen LogP contribution is -2.37. The second kappa shape index (κ2) is 12.2. The number of morpholine rings is 1. The van der Waals surface area contributed by atoms with Crippen molar-refractivity contribution in [2.45, 2.75) is 36.5 Å².